The zero-order chi connectivity index (χ0) is 21.8. The lowest BCUT2D eigenvalue weighted by molar-refractivity contribution is 0.324. The number of aromatic nitrogens is 2. The van der Waals surface area contributed by atoms with Crippen LogP contribution < -0.4 is 19.5 Å². The summed E-state index contributed by atoms with van der Waals surface area (Å²) in [7, 11) is 4.72. The molecule has 158 valence electrons. The topological polar surface area (TPSA) is 89.3 Å². The number of ether oxygens (including phenoxy) is 3. The van der Waals surface area contributed by atoms with Gasteiger partial charge in [0.25, 0.3) is 0 Å². The molecule has 0 fully saturated rings. The van der Waals surface area contributed by atoms with E-state index in [1.807, 2.05) is 19.1 Å². The zero-order valence-corrected chi connectivity index (χ0v) is 18.9. The van der Waals surface area contributed by atoms with Gasteiger partial charge < -0.3 is 19.5 Å². The van der Waals surface area contributed by atoms with Gasteiger partial charge in [-0.05, 0) is 37.5 Å². The Kier molecular flexibility index (Phi) is 6.63. The van der Waals surface area contributed by atoms with Crippen LogP contribution in [0.2, 0.25) is 0 Å². The lowest BCUT2D eigenvalue weighted by atomic mass is 10.1. The highest BCUT2D eigenvalue weighted by atomic mass is 32.1. The van der Waals surface area contributed by atoms with Crippen molar-refractivity contribution in [2.24, 2.45) is 0 Å². The van der Waals surface area contributed by atoms with E-state index in [4.69, 9.17) is 24.2 Å². The van der Waals surface area contributed by atoms with Crippen LogP contribution in [-0.4, -0.2) is 37.3 Å². The molecule has 7 nitrogen and oxygen atoms in total. The number of methoxy groups -OCH3 is 3. The van der Waals surface area contributed by atoms with E-state index in [1.54, 1.807) is 21.3 Å². The molecular weight excluding hydrogens is 400 g/mol. The second-order valence-electron chi connectivity index (χ2n) is 6.82. The summed E-state index contributed by atoms with van der Waals surface area (Å²) in [6, 6.07) is 6.21. The minimum atomic E-state index is 0.278. The molecule has 0 aliphatic rings. The van der Waals surface area contributed by atoms with Gasteiger partial charge in [-0.15, -0.1) is 11.3 Å². The molecule has 30 heavy (non-hydrogen) atoms. The molecule has 1 aromatic carbocycles. The third kappa shape index (κ3) is 3.85. The van der Waals surface area contributed by atoms with Gasteiger partial charge in [0.1, 0.15) is 21.6 Å². The Morgan fingerprint density at radius 2 is 1.70 bits per heavy atom. The highest BCUT2D eigenvalue weighted by Gasteiger charge is 2.21. The number of anilines is 1. The molecule has 0 atom stereocenters. The van der Waals surface area contributed by atoms with Crippen LogP contribution in [0.5, 0.6) is 17.2 Å². The Morgan fingerprint density at radius 3 is 2.20 bits per heavy atom. The number of thiophene rings is 1. The van der Waals surface area contributed by atoms with Crippen LogP contribution in [0, 0.1) is 18.3 Å². The molecule has 2 heterocycles. The van der Waals surface area contributed by atoms with E-state index < -0.39 is 0 Å². The first-order valence-corrected chi connectivity index (χ1v) is 10.6. The van der Waals surface area contributed by atoms with Crippen LogP contribution in [0.4, 0.5) is 5.82 Å². The van der Waals surface area contributed by atoms with Gasteiger partial charge in [0, 0.05) is 11.6 Å². The summed E-state index contributed by atoms with van der Waals surface area (Å²) in [6.07, 6.45) is 1.94. The molecule has 8 heteroatoms. The molecular formula is C22H26N4O3S. The van der Waals surface area contributed by atoms with Crippen LogP contribution in [-0.2, 0) is 0 Å². The predicted octanol–water partition coefficient (Wildman–Crippen LogP) is 5.16. The third-order valence-corrected chi connectivity index (χ3v) is 6.23. The smallest absolute Gasteiger partial charge is 0.203 e. The van der Waals surface area contributed by atoms with Gasteiger partial charge in [0.2, 0.25) is 5.75 Å². The molecule has 0 spiro atoms. The molecule has 1 N–H and O–H groups in total. The maximum Gasteiger partial charge on any atom is 0.203 e. The van der Waals surface area contributed by atoms with Crippen molar-refractivity contribution in [1.82, 2.24) is 9.97 Å². The molecule has 3 rings (SSSR count). The largest absolute Gasteiger partial charge is 0.493 e. The Balaban J connectivity index is 2.26. The Hall–Kier alpha value is -3.05. The fraction of sp³-hybridized carbons (Fsp3) is 0.409. The number of hydrogen-bond acceptors (Lipinski definition) is 8. The fourth-order valence-electron chi connectivity index (χ4n) is 3.38. The molecule has 0 saturated carbocycles. The zero-order valence-electron chi connectivity index (χ0n) is 18.1. The minimum absolute atomic E-state index is 0.278. The highest BCUT2D eigenvalue weighted by molar-refractivity contribution is 7.19. The molecule has 0 aliphatic carbocycles. The standard InChI is InChI=1S/C22H26N4O3S/c1-7-14(8-2)24-21-18-12(3)17(11-23)30-22(18)26-20(25-21)13-9-15(27-4)19(29-6)16(10-13)28-5/h9-10,14H,7-8H2,1-6H3,(H,24,25,26). The molecule has 0 bridgehead atoms. The average molecular weight is 427 g/mol. The lowest BCUT2D eigenvalue weighted by Crippen LogP contribution is -2.18. The van der Waals surface area contributed by atoms with Crippen LogP contribution in [0.3, 0.4) is 0 Å². The van der Waals surface area contributed by atoms with E-state index in [1.165, 1.54) is 11.3 Å². The maximum absolute atomic E-state index is 9.51. The van der Waals surface area contributed by atoms with Crippen LogP contribution in [0.15, 0.2) is 12.1 Å². The number of nitriles is 1. The van der Waals surface area contributed by atoms with E-state index in [9.17, 15) is 5.26 Å². The molecule has 0 aliphatic heterocycles. The first-order valence-electron chi connectivity index (χ1n) is 9.79. The van der Waals surface area contributed by atoms with Gasteiger partial charge in [0.15, 0.2) is 17.3 Å². The number of nitrogens with zero attached hydrogens (tertiary/aromatic N) is 3. The van der Waals surface area contributed by atoms with Gasteiger partial charge in [-0.25, -0.2) is 9.97 Å². The van der Waals surface area contributed by atoms with E-state index in [-0.39, 0.29) is 6.04 Å². The summed E-state index contributed by atoms with van der Waals surface area (Å²) in [6.45, 7) is 6.22. The molecule has 0 radical (unpaired) electrons. The number of hydrogen-bond donors (Lipinski definition) is 1. The lowest BCUT2D eigenvalue weighted by Gasteiger charge is -2.18. The number of fused-ring (bicyclic) bond motifs is 1. The normalized spacial score (nSPS) is 10.9. The molecule has 0 amide bonds. The molecule has 3 aromatic rings. The summed E-state index contributed by atoms with van der Waals surface area (Å²) >= 11 is 1.38. The van der Waals surface area contributed by atoms with Crippen LogP contribution >= 0.6 is 11.3 Å². The summed E-state index contributed by atoms with van der Waals surface area (Å²) < 4.78 is 16.4. The number of nitrogens with one attached hydrogen (secondary N) is 1. The van der Waals surface area contributed by atoms with Gasteiger partial charge in [-0.1, -0.05) is 13.8 Å². The number of aryl methyl sites for hydroxylation is 1. The second kappa shape index (κ2) is 9.18. The van der Waals surface area contributed by atoms with Crippen molar-refractivity contribution in [3.63, 3.8) is 0 Å². The molecule has 0 unspecified atom stereocenters. The van der Waals surface area contributed by atoms with E-state index in [0.29, 0.717) is 28.0 Å². The van der Waals surface area contributed by atoms with E-state index >= 15 is 0 Å². The molecule has 2 aromatic heterocycles. The van der Waals surface area contributed by atoms with Crippen molar-refractivity contribution in [1.29, 1.82) is 5.26 Å². The average Bonchev–Trinajstić information content (AvgIpc) is 3.11. The van der Waals surface area contributed by atoms with Crippen molar-refractivity contribution in [3.05, 3.63) is 22.6 Å². The maximum atomic E-state index is 9.51. The molecule has 0 saturated heterocycles. The summed E-state index contributed by atoms with van der Waals surface area (Å²) in [5, 5.41) is 14.0. The first kappa shape index (κ1) is 21.7. The summed E-state index contributed by atoms with van der Waals surface area (Å²) in [4.78, 5) is 11.0. The first-order chi connectivity index (χ1) is 14.5. The van der Waals surface area contributed by atoms with Crippen LogP contribution in [0.25, 0.3) is 21.6 Å². The van der Waals surface area contributed by atoms with Crippen molar-refractivity contribution in [2.45, 2.75) is 39.7 Å². The van der Waals surface area contributed by atoms with Gasteiger partial charge in [-0.3, -0.25) is 0 Å². The fourth-order valence-corrected chi connectivity index (χ4v) is 4.35. The SMILES string of the molecule is CCC(CC)Nc1nc(-c2cc(OC)c(OC)c(OC)c2)nc2sc(C#N)c(C)c12. The number of benzene rings is 1. The number of rotatable bonds is 8. The Morgan fingerprint density at radius 1 is 1.07 bits per heavy atom. The van der Waals surface area contributed by atoms with Crippen LogP contribution in [0.1, 0.15) is 37.1 Å². The van der Waals surface area contributed by atoms with Crippen molar-refractivity contribution in [2.75, 3.05) is 26.6 Å². The predicted molar refractivity (Wildman–Crippen MR) is 120 cm³/mol. The second-order valence-corrected chi connectivity index (χ2v) is 7.81. The van der Waals surface area contributed by atoms with Gasteiger partial charge >= 0.3 is 0 Å². The van der Waals surface area contributed by atoms with Gasteiger partial charge in [-0.2, -0.15) is 5.26 Å². The summed E-state index contributed by atoms with van der Waals surface area (Å²) in [5.41, 5.74) is 1.64. The minimum Gasteiger partial charge on any atom is -0.493 e. The Labute approximate surface area is 180 Å². The van der Waals surface area contributed by atoms with Crippen molar-refractivity contribution in [3.8, 4) is 34.7 Å². The monoisotopic (exact) mass is 426 g/mol. The quantitative estimate of drug-likeness (QED) is 0.532. The summed E-state index contributed by atoms with van der Waals surface area (Å²) in [5.74, 6) is 2.85. The van der Waals surface area contributed by atoms with Crippen molar-refractivity contribution < 1.29 is 14.2 Å². The highest BCUT2D eigenvalue weighted by Crippen LogP contribution is 2.42. The van der Waals surface area contributed by atoms with E-state index in [2.05, 4.69) is 25.2 Å². The van der Waals surface area contributed by atoms with Crippen molar-refractivity contribution >= 4 is 27.4 Å². The van der Waals surface area contributed by atoms with E-state index in [0.717, 1.165) is 40.0 Å². The van der Waals surface area contributed by atoms with Gasteiger partial charge in [0.05, 0.1) is 26.7 Å². The Bertz CT molecular complexity index is 1070. The third-order valence-electron chi connectivity index (χ3n) is 5.14.